The van der Waals surface area contributed by atoms with E-state index in [1.54, 1.807) is 14.0 Å². The number of halogens is 1. The maximum absolute atomic E-state index is 14.4. The SMILES string of the molecule is CCCCN1C[C@@H](C)NC(=O)[C@H]([C@H](C)O)NC(=O)[C@H](CN)NC(=O)[C@H](C2CCCCC2)NC(=O)[C@H](CC(C)C)N(C)C(=O)[C@@H]1CCCF. The molecule has 1 saturated carbocycles. The summed E-state index contributed by atoms with van der Waals surface area (Å²) in [5.74, 6) is -2.95. The number of rotatable bonds is 11. The van der Waals surface area contributed by atoms with E-state index in [0.717, 1.165) is 32.1 Å². The van der Waals surface area contributed by atoms with Gasteiger partial charge in [0.15, 0.2) is 0 Å². The second-order valence-corrected chi connectivity index (χ2v) is 14.1. The maximum Gasteiger partial charge on any atom is 0.245 e. The highest BCUT2D eigenvalue weighted by molar-refractivity contribution is 5.96. The number of carbonyl (C=O) groups excluding carboxylic acids is 5. The van der Waals surface area contributed by atoms with E-state index in [4.69, 9.17) is 5.73 Å². The molecule has 13 nitrogen and oxygen atoms in total. The number of unbranched alkanes of at least 4 members (excludes halogenated alkanes) is 1. The zero-order valence-electron chi connectivity index (χ0n) is 29.9. The quantitative estimate of drug-likeness (QED) is 0.186. The molecule has 2 rings (SSSR count). The standard InChI is InChI=1S/C34H62FN7O6/c1-7-8-17-42-20-22(4)37-32(46)28(23(5)43)39-30(44)25(19-36)38-33(47)29(24-13-10-9-11-14-24)40-31(45)27(18-21(2)3)41(6)34(48)26(42)15-12-16-35/h21-29,43H,7-20,36H2,1-6H3,(H,37,46)(H,38,47)(H,39,44)(H,40,45)/t22-,23+,25+,26+,27+,28+,29+/m1/s1. The topological polar surface area (TPSA) is 186 Å². The van der Waals surface area contributed by atoms with Crippen LogP contribution in [0.5, 0.6) is 0 Å². The first-order chi connectivity index (χ1) is 22.7. The number of nitrogens with one attached hydrogen (secondary N) is 4. The molecule has 7 atom stereocenters. The summed E-state index contributed by atoms with van der Waals surface area (Å²) in [7, 11) is 1.58. The molecule has 0 radical (unpaired) electrons. The number of amides is 5. The van der Waals surface area contributed by atoms with Crippen molar-refractivity contribution in [3.63, 3.8) is 0 Å². The van der Waals surface area contributed by atoms with Crippen molar-refractivity contribution < 1.29 is 33.5 Å². The third kappa shape index (κ3) is 12.2. The number of carbonyl (C=O) groups is 5. The molecule has 0 aromatic rings. The lowest BCUT2D eigenvalue weighted by molar-refractivity contribution is -0.145. The van der Waals surface area contributed by atoms with Crippen molar-refractivity contribution in [2.45, 2.75) is 141 Å². The predicted octanol–water partition coefficient (Wildman–Crippen LogP) is 0.972. The molecule has 5 amide bonds. The van der Waals surface area contributed by atoms with Crippen LogP contribution < -0.4 is 27.0 Å². The van der Waals surface area contributed by atoms with Crippen molar-refractivity contribution in [1.29, 1.82) is 0 Å². The van der Waals surface area contributed by atoms with Crippen LogP contribution in [0.1, 0.15) is 98.8 Å². The van der Waals surface area contributed by atoms with Gasteiger partial charge in [0.05, 0.1) is 18.8 Å². The average molecular weight is 684 g/mol. The third-order valence-electron chi connectivity index (χ3n) is 9.48. The second kappa shape index (κ2) is 20.6. The summed E-state index contributed by atoms with van der Waals surface area (Å²) in [6, 6.07) is -5.79. The van der Waals surface area contributed by atoms with E-state index in [2.05, 4.69) is 21.3 Å². The highest BCUT2D eigenvalue weighted by Crippen LogP contribution is 2.27. The minimum Gasteiger partial charge on any atom is -0.391 e. The fourth-order valence-electron chi connectivity index (χ4n) is 6.74. The second-order valence-electron chi connectivity index (χ2n) is 14.1. The van der Waals surface area contributed by atoms with E-state index in [0.29, 0.717) is 25.8 Å². The van der Waals surface area contributed by atoms with Gasteiger partial charge in [-0.3, -0.25) is 33.3 Å². The van der Waals surface area contributed by atoms with Crippen molar-refractivity contribution in [2.75, 3.05) is 33.4 Å². The van der Waals surface area contributed by atoms with Crippen molar-refractivity contribution in [1.82, 2.24) is 31.1 Å². The first-order valence-corrected chi connectivity index (χ1v) is 17.9. The summed E-state index contributed by atoms with van der Waals surface area (Å²) in [6.07, 6.45) is 5.13. The maximum atomic E-state index is 14.4. The fourth-order valence-corrected chi connectivity index (χ4v) is 6.74. The van der Waals surface area contributed by atoms with Gasteiger partial charge in [-0.15, -0.1) is 0 Å². The number of likely N-dealkylation sites (N-methyl/N-ethyl adjacent to an activating group) is 1. The van der Waals surface area contributed by atoms with Crippen LogP contribution in [0.2, 0.25) is 0 Å². The van der Waals surface area contributed by atoms with Gasteiger partial charge in [0.1, 0.15) is 24.2 Å². The van der Waals surface area contributed by atoms with Crippen LogP contribution in [-0.4, -0.2) is 120 Å². The van der Waals surface area contributed by atoms with Crippen LogP contribution in [0.4, 0.5) is 4.39 Å². The molecule has 1 aliphatic heterocycles. The Kier molecular flexibility index (Phi) is 17.8. The van der Waals surface area contributed by atoms with E-state index >= 15 is 0 Å². The Morgan fingerprint density at radius 1 is 0.896 bits per heavy atom. The van der Waals surface area contributed by atoms with Gasteiger partial charge in [0.2, 0.25) is 29.5 Å². The van der Waals surface area contributed by atoms with Crippen LogP contribution in [0, 0.1) is 11.8 Å². The molecule has 7 N–H and O–H groups in total. The number of aliphatic hydroxyl groups is 1. The highest BCUT2D eigenvalue weighted by Gasteiger charge is 2.39. The molecule has 0 bridgehead atoms. The summed E-state index contributed by atoms with van der Waals surface area (Å²) in [6.45, 7) is 8.86. The van der Waals surface area contributed by atoms with Gasteiger partial charge in [-0.2, -0.15) is 0 Å². The van der Waals surface area contributed by atoms with Crippen LogP contribution >= 0.6 is 0 Å². The monoisotopic (exact) mass is 683 g/mol. The first-order valence-electron chi connectivity index (χ1n) is 17.9. The smallest absolute Gasteiger partial charge is 0.245 e. The van der Waals surface area contributed by atoms with E-state index in [1.165, 1.54) is 11.8 Å². The number of hydrogen-bond acceptors (Lipinski definition) is 8. The molecule has 0 unspecified atom stereocenters. The zero-order valence-corrected chi connectivity index (χ0v) is 29.9. The van der Waals surface area contributed by atoms with E-state index in [9.17, 15) is 33.5 Å². The summed E-state index contributed by atoms with van der Waals surface area (Å²) >= 11 is 0. The molecule has 2 fully saturated rings. The van der Waals surface area contributed by atoms with Crippen LogP contribution in [0.25, 0.3) is 0 Å². The Bertz CT molecular complexity index is 1060. The number of nitrogens with two attached hydrogens (primary N) is 1. The average Bonchev–Trinajstić information content (AvgIpc) is 3.04. The Balaban J connectivity index is 2.66. The van der Waals surface area contributed by atoms with Crippen LogP contribution in [0.15, 0.2) is 0 Å². The summed E-state index contributed by atoms with van der Waals surface area (Å²) in [5, 5.41) is 21.5. The van der Waals surface area contributed by atoms with E-state index in [1.807, 2.05) is 25.7 Å². The predicted molar refractivity (Wildman–Crippen MR) is 182 cm³/mol. The molecule has 276 valence electrons. The zero-order chi connectivity index (χ0) is 36.0. The van der Waals surface area contributed by atoms with Gasteiger partial charge in [-0.1, -0.05) is 46.5 Å². The minimum absolute atomic E-state index is 0.0266. The minimum atomic E-state index is -1.35. The number of hydrogen-bond donors (Lipinski definition) is 6. The van der Waals surface area contributed by atoms with Crippen molar-refractivity contribution in [2.24, 2.45) is 17.6 Å². The molecule has 2 aliphatic rings. The lowest BCUT2D eigenvalue weighted by Gasteiger charge is -2.39. The molecule has 1 heterocycles. The molecule has 1 saturated heterocycles. The third-order valence-corrected chi connectivity index (χ3v) is 9.48. The molecular formula is C34H62FN7O6. The van der Waals surface area contributed by atoms with Gasteiger partial charge >= 0.3 is 0 Å². The summed E-state index contributed by atoms with van der Waals surface area (Å²) in [4.78, 5) is 72.5. The molecular weight excluding hydrogens is 621 g/mol. The highest BCUT2D eigenvalue weighted by atomic mass is 19.1. The molecule has 48 heavy (non-hydrogen) atoms. The lowest BCUT2D eigenvalue weighted by atomic mass is 9.83. The van der Waals surface area contributed by atoms with Crippen LogP contribution in [0.3, 0.4) is 0 Å². The molecule has 0 aromatic heterocycles. The largest absolute Gasteiger partial charge is 0.391 e. The van der Waals surface area contributed by atoms with Crippen molar-refractivity contribution >= 4 is 29.5 Å². The number of nitrogens with zero attached hydrogens (tertiary/aromatic N) is 2. The Labute approximate surface area is 286 Å². The van der Waals surface area contributed by atoms with Crippen molar-refractivity contribution in [3.8, 4) is 0 Å². The van der Waals surface area contributed by atoms with Crippen LogP contribution in [-0.2, 0) is 24.0 Å². The fraction of sp³-hybridized carbons (Fsp3) is 0.853. The summed E-state index contributed by atoms with van der Waals surface area (Å²) in [5.41, 5.74) is 5.92. The summed E-state index contributed by atoms with van der Waals surface area (Å²) < 4.78 is 13.6. The Hall–Kier alpha value is -2.84. The Morgan fingerprint density at radius 2 is 1.56 bits per heavy atom. The van der Waals surface area contributed by atoms with Crippen molar-refractivity contribution in [3.05, 3.63) is 0 Å². The van der Waals surface area contributed by atoms with E-state index < -0.39 is 72.7 Å². The first kappa shape index (κ1) is 41.3. The van der Waals surface area contributed by atoms with Gasteiger partial charge in [-0.05, 0) is 70.8 Å². The van der Waals surface area contributed by atoms with E-state index in [-0.39, 0.29) is 43.7 Å². The normalized spacial score (nSPS) is 29.0. The molecule has 14 heteroatoms. The molecule has 1 aliphatic carbocycles. The number of alkyl halides is 1. The molecule has 0 spiro atoms. The Morgan fingerprint density at radius 3 is 2.12 bits per heavy atom. The lowest BCUT2D eigenvalue weighted by Crippen LogP contribution is -2.64. The van der Waals surface area contributed by atoms with Gasteiger partial charge in [-0.25, -0.2) is 0 Å². The number of aliphatic hydroxyl groups excluding tert-OH is 1. The van der Waals surface area contributed by atoms with Gasteiger partial charge in [0, 0.05) is 26.2 Å². The molecule has 0 aromatic carbocycles. The van der Waals surface area contributed by atoms with Gasteiger partial charge in [0.25, 0.3) is 0 Å². The van der Waals surface area contributed by atoms with Gasteiger partial charge < -0.3 is 37.0 Å².